The largest absolute Gasteiger partial charge is 0.312 e. The molecule has 88 valence electrons. The van der Waals surface area contributed by atoms with Crippen LogP contribution in [0.5, 0.6) is 0 Å². The van der Waals surface area contributed by atoms with E-state index in [2.05, 4.69) is 28.0 Å². The van der Waals surface area contributed by atoms with E-state index in [4.69, 9.17) is 5.10 Å². The minimum absolute atomic E-state index is 0.916. The molecule has 1 N–H and O–H groups in total. The molecule has 17 heavy (non-hydrogen) atoms. The Bertz CT molecular complexity index is 516. The molecule has 1 aliphatic heterocycles. The lowest BCUT2D eigenvalue weighted by Gasteiger charge is -2.14. The predicted octanol–water partition coefficient (Wildman–Crippen LogP) is 1.61. The first-order valence-corrected chi connectivity index (χ1v) is 6.10. The summed E-state index contributed by atoms with van der Waals surface area (Å²) in [6.07, 6.45) is 4.75. The lowest BCUT2D eigenvalue weighted by Crippen LogP contribution is -2.24. The maximum absolute atomic E-state index is 4.72. The molecule has 3 heterocycles. The van der Waals surface area contributed by atoms with Crippen molar-refractivity contribution in [1.29, 1.82) is 0 Å². The van der Waals surface area contributed by atoms with Crippen LogP contribution in [0.2, 0.25) is 0 Å². The van der Waals surface area contributed by atoms with Crippen LogP contribution in [0.15, 0.2) is 24.5 Å². The van der Waals surface area contributed by atoms with Gasteiger partial charge in [0.25, 0.3) is 0 Å². The molecule has 2 aromatic heterocycles. The first-order chi connectivity index (χ1) is 8.40. The average Bonchev–Trinajstić information content (AvgIpc) is 2.78. The van der Waals surface area contributed by atoms with Gasteiger partial charge in [-0.25, -0.2) is 0 Å². The van der Waals surface area contributed by atoms with Crippen molar-refractivity contribution in [3.8, 4) is 11.3 Å². The number of pyridine rings is 1. The third-order valence-corrected chi connectivity index (χ3v) is 3.24. The average molecular weight is 228 g/mol. The van der Waals surface area contributed by atoms with Gasteiger partial charge in [0.2, 0.25) is 0 Å². The molecule has 0 aromatic carbocycles. The van der Waals surface area contributed by atoms with Gasteiger partial charge in [0.05, 0.1) is 5.69 Å². The van der Waals surface area contributed by atoms with E-state index in [1.165, 1.54) is 11.3 Å². The van der Waals surface area contributed by atoms with Crippen LogP contribution in [0, 0.1) is 0 Å². The Morgan fingerprint density at radius 3 is 3.18 bits per heavy atom. The normalized spacial score (nSPS) is 14.6. The topological polar surface area (TPSA) is 42.7 Å². The van der Waals surface area contributed by atoms with Gasteiger partial charge >= 0.3 is 0 Å². The molecule has 0 fully saturated rings. The van der Waals surface area contributed by atoms with Gasteiger partial charge in [-0.3, -0.25) is 9.67 Å². The summed E-state index contributed by atoms with van der Waals surface area (Å²) in [4.78, 5) is 4.18. The van der Waals surface area contributed by atoms with Crippen LogP contribution in [-0.2, 0) is 19.5 Å². The smallest absolute Gasteiger partial charge is 0.0986 e. The second kappa shape index (κ2) is 4.30. The third kappa shape index (κ3) is 1.74. The summed E-state index contributed by atoms with van der Waals surface area (Å²) in [6.45, 7) is 5.04. The van der Waals surface area contributed by atoms with Crippen molar-refractivity contribution in [3.05, 3.63) is 35.8 Å². The van der Waals surface area contributed by atoms with Crippen molar-refractivity contribution in [2.45, 2.75) is 26.4 Å². The summed E-state index contributed by atoms with van der Waals surface area (Å²) >= 11 is 0. The molecule has 0 saturated heterocycles. The lowest BCUT2D eigenvalue weighted by atomic mass is 10.0. The quantitative estimate of drug-likeness (QED) is 0.849. The van der Waals surface area contributed by atoms with E-state index in [0.29, 0.717) is 0 Å². The number of rotatable bonds is 2. The van der Waals surface area contributed by atoms with Crippen LogP contribution in [-0.4, -0.2) is 21.3 Å². The number of fused-ring (bicyclic) bond motifs is 1. The van der Waals surface area contributed by atoms with Crippen LogP contribution in [0.25, 0.3) is 11.3 Å². The van der Waals surface area contributed by atoms with Crippen LogP contribution in [0.3, 0.4) is 0 Å². The molecule has 0 unspecified atom stereocenters. The van der Waals surface area contributed by atoms with Gasteiger partial charge in [0.15, 0.2) is 0 Å². The SMILES string of the molecule is CCn1nc(-c2cccnc2)c2c1CCNC2. The van der Waals surface area contributed by atoms with Gasteiger partial charge in [-0.05, 0) is 19.1 Å². The summed E-state index contributed by atoms with van der Waals surface area (Å²) in [7, 11) is 0. The van der Waals surface area contributed by atoms with Crippen LogP contribution in [0.4, 0.5) is 0 Å². The van der Waals surface area contributed by atoms with Gasteiger partial charge in [0, 0.05) is 55.3 Å². The highest BCUT2D eigenvalue weighted by atomic mass is 15.3. The van der Waals surface area contributed by atoms with Gasteiger partial charge in [-0.2, -0.15) is 5.10 Å². The Morgan fingerprint density at radius 1 is 1.47 bits per heavy atom. The zero-order chi connectivity index (χ0) is 11.7. The zero-order valence-electron chi connectivity index (χ0n) is 9.98. The Morgan fingerprint density at radius 2 is 2.41 bits per heavy atom. The van der Waals surface area contributed by atoms with E-state index in [0.717, 1.165) is 37.3 Å². The molecular formula is C13H16N4. The fourth-order valence-corrected chi connectivity index (χ4v) is 2.42. The first-order valence-electron chi connectivity index (χ1n) is 6.10. The maximum Gasteiger partial charge on any atom is 0.0986 e. The van der Waals surface area contributed by atoms with Gasteiger partial charge in [-0.1, -0.05) is 0 Å². The van der Waals surface area contributed by atoms with E-state index < -0.39 is 0 Å². The van der Waals surface area contributed by atoms with Gasteiger partial charge < -0.3 is 5.32 Å². The predicted molar refractivity (Wildman–Crippen MR) is 66.5 cm³/mol. The van der Waals surface area contributed by atoms with Crippen molar-refractivity contribution in [1.82, 2.24) is 20.1 Å². The second-order valence-electron chi connectivity index (χ2n) is 4.26. The molecule has 0 bridgehead atoms. The lowest BCUT2D eigenvalue weighted by molar-refractivity contribution is 0.572. The third-order valence-electron chi connectivity index (χ3n) is 3.24. The molecule has 0 spiro atoms. The highest BCUT2D eigenvalue weighted by Crippen LogP contribution is 2.26. The molecule has 2 aromatic rings. The Kier molecular flexibility index (Phi) is 2.65. The molecule has 1 aliphatic rings. The van der Waals surface area contributed by atoms with Crippen molar-refractivity contribution in [2.24, 2.45) is 0 Å². The summed E-state index contributed by atoms with van der Waals surface area (Å²) in [6, 6.07) is 4.03. The second-order valence-corrected chi connectivity index (χ2v) is 4.26. The minimum Gasteiger partial charge on any atom is -0.312 e. The van der Waals surface area contributed by atoms with Gasteiger partial charge in [0.1, 0.15) is 0 Å². The summed E-state index contributed by atoms with van der Waals surface area (Å²) in [5.74, 6) is 0. The summed E-state index contributed by atoms with van der Waals surface area (Å²) in [5, 5.41) is 8.13. The molecule has 0 radical (unpaired) electrons. The van der Waals surface area contributed by atoms with Crippen molar-refractivity contribution in [3.63, 3.8) is 0 Å². The molecule has 4 heteroatoms. The number of hydrogen-bond acceptors (Lipinski definition) is 3. The molecule has 0 atom stereocenters. The van der Waals surface area contributed by atoms with Crippen LogP contribution in [0.1, 0.15) is 18.2 Å². The van der Waals surface area contributed by atoms with Crippen LogP contribution < -0.4 is 5.32 Å². The number of aromatic nitrogens is 3. The highest BCUT2D eigenvalue weighted by Gasteiger charge is 2.20. The maximum atomic E-state index is 4.72. The standard InChI is InChI=1S/C13H16N4/c1-2-17-12-5-7-15-9-11(12)13(16-17)10-4-3-6-14-8-10/h3-4,6,8,15H,2,5,7,9H2,1H3. The fraction of sp³-hybridized carbons (Fsp3) is 0.385. The van der Waals surface area contributed by atoms with E-state index in [9.17, 15) is 0 Å². The Labute approximate surface area is 101 Å². The number of hydrogen-bond donors (Lipinski definition) is 1. The number of nitrogens with zero attached hydrogens (tertiary/aromatic N) is 3. The number of aryl methyl sites for hydroxylation is 1. The molecule has 3 rings (SSSR count). The minimum atomic E-state index is 0.916. The molecule has 0 saturated carbocycles. The molecule has 4 nitrogen and oxygen atoms in total. The summed E-state index contributed by atoms with van der Waals surface area (Å²) < 4.78 is 2.12. The van der Waals surface area contributed by atoms with E-state index >= 15 is 0 Å². The first kappa shape index (κ1) is 10.5. The van der Waals surface area contributed by atoms with Crippen molar-refractivity contribution in [2.75, 3.05) is 6.54 Å². The molecular weight excluding hydrogens is 212 g/mol. The zero-order valence-corrected chi connectivity index (χ0v) is 9.98. The number of nitrogens with one attached hydrogen (secondary N) is 1. The highest BCUT2D eigenvalue weighted by molar-refractivity contribution is 5.63. The molecule has 0 amide bonds. The summed E-state index contributed by atoms with van der Waals surface area (Å²) in [5.41, 5.74) is 4.91. The van der Waals surface area contributed by atoms with Crippen molar-refractivity contribution < 1.29 is 0 Å². The Balaban J connectivity index is 2.14. The monoisotopic (exact) mass is 228 g/mol. The van der Waals surface area contributed by atoms with Gasteiger partial charge in [-0.15, -0.1) is 0 Å². The van der Waals surface area contributed by atoms with E-state index in [-0.39, 0.29) is 0 Å². The van der Waals surface area contributed by atoms with E-state index in [1.807, 2.05) is 12.3 Å². The van der Waals surface area contributed by atoms with Crippen molar-refractivity contribution >= 4 is 0 Å². The van der Waals surface area contributed by atoms with E-state index in [1.54, 1.807) is 6.20 Å². The van der Waals surface area contributed by atoms with Crippen LogP contribution >= 0.6 is 0 Å². The fourth-order valence-electron chi connectivity index (χ4n) is 2.42. The molecule has 0 aliphatic carbocycles. The Hall–Kier alpha value is -1.68.